The normalized spacial score (nSPS) is 14.9. The molecule has 0 bridgehead atoms. The highest BCUT2D eigenvalue weighted by Crippen LogP contribution is 2.32. The molecule has 1 heterocycles. The first-order valence-electron chi connectivity index (χ1n) is 4.55. The van der Waals surface area contributed by atoms with Gasteiger partial charge >= 0.3 is 0 Å². The van der Waals surface area contributed by atoms with E-state index in [4.69, 9.17) is 4.74 Å². The lowest BCUT2D eigenvalue weighted by atomic mass is 10.2. The summed E-state index contributed by atoms with van der Waals surface area (Å²) in [5.41, 5.74) is 1.15. The van der Waals surface area contributed by atoms with Gasteiger partial charge in [0.05, 0.1) is 12.8 Å². The highest BCUT2D eigenvalue weighted by Gasteiger charge is 2.12. The Hall–Kier alpha value is -0.960. The van der Waals surface area contributed by atoms with Crippen LogP contribution in [0, 0.1) is 0 Å². The zero-order valence-electron chi connectivity index (χ0n) is 8.03. The van der Waals surface area contributed by atoms with Gasteiger partial charge in [-0.05, 0) is 18.2 Å². The maximum absolute atomic E-state index is 5.32. The number of hydrogen-bond donors (Lipinski definition) is 0. The van der Waals surface area contributed by atoms with Crippen LogP contribution in [0.25, 0.3) is 0 Å². The maximum atomic E-state index is 5.32. The highest BCUT2D eigenvalue weighted by molar-refractivity contribution is 9.10. The second-order valence-corrected chi connectivity index (χ2v) is 4.11. The van der Waals surface area contributed by atoms with Crippen molar-refractivity contribution in [2.75, 3.05) is 25.1 Å². The highest BCUT2D eigenvalue weighted by atomic mass is 79.9. The van der Waals surface area contributed by atoms with Gasteiger partial charge in [-0.15, -0.1) is 0 Å². The molecule has 0 fully saturated rings. The van der Waals surface area contributed by atoms with Gasteiger partial charge in [0.25, 0.3) is 0 Å². The number of methoxy groups -OCH3 is 1. The third-order valence-corrected chi connectivity index (χ3v) is 2.79. The number of anilines is 1. The van der Waals surface area contributed by atoms with E-state index < -0.39 is 0 Å². The van der Waals surface area contributed by atoms with Crippen molar-refractivity contribution < 1.29 is 4.74 Å². The molecule has 1 aromatic carbocycles. The van der Waals surface area contributed by atoms with Gasteiger partial charge in [0.2, 0.25) is 0 Å². The first-order valence-corrected chi connectivity index (χ1v) is 5.34. The summed E-state index contributed by atoms with van der Waals surface area (Å²) in [5.74, 6) is 0.928. The van der Waals surface area contributed by atoms with Crippen molar-refractivity contribution in [3.05, 3.63) is 34.8 Å². The van der Waals surface area contributed by atoms with E-state index in [1.165, 1.54) is 0 Å². The van der Waals surface area contributed by atoms with Crippen LogP contribution in [0.15, 0.2) is 34.8 Å². The van der Waals surface area contributed by atoms with Crippen LogP contribution >= 0.6 is 15.9 Å². The van der Waals surface area contributed by atoms with Crippen molar-refractivity contribution >= 4 is 21.6 Å². The van der Waals surface area contributed by atoms with Gasteiger partial charge in [-0.1, -0.05) is 28.1 Å². The Labute approximate surface area is 92.3 Å². The number of hydrogen-bond acceptors (Lipinski definition) is 2. The van der Waals surface area contributed by atoms with Crippen molar-refractivity contribution in [3.63, 3.8) is 0 Å². The second kappa shape index (κ2) is 4.05. The fourth-order valence-electron chi connectivity index (χ4n) is 1.59. The summed E-state index contributed by atoms with van der Waals surface area (Å²) in [6, 6.07) is 6.06. The van der Waals surface area contributed by atoms with E-state index in [1.807, 2.05) is 12.1 Å². The fourth-order valence-corrected chi connectivity index (χ4v) is 1.93. The standard InChI is InChI=1S/C11H12BrNO/c1-14-11-5-4-9(12)8-10(11)13-6-2-3-7-13/h2-5,8H,6-7H2,1H3. The van der Waals surface area contributed by atoms with Crippen molar-refractivity contribution in [1.29, 1.82) is 0 Å². The molecule has 0 saturated carbocycles. The maximum Gasteiger partial charge on any atom is 0.142 e. The summed E-state index contributed by atoms with van der Waals surface area (Å²) in [5, 5.41) is 0. The monoisotopic (exact) mass is 253 g/mol. The van der Waals surface area contributed by atoms with Gasteiger partial charge in [-0.25, -0.2) is 0 Å². The van der Waals surface area contributed by atoms with E-state index in [9.17, 15) is 0 Å². The molecule has 14 heavy (non-hydrogen) atoms. The number of benzene rings is 1. The number of halogens is 1. The van der Waals surface area contributed by atoms with E-state index in [1.54, 1.807) is 7.11 Å². The Morgan fingerprint density at radius 2 is 2.00 bits per heavy atom. The Kier molecular flexibility index (Phi) is 2.77. The lowest BCUT2D eigenvalue weighted by Gasteiger charge is -2.20. The van der Waals surface area contributed by atoms with Crippen molar-refractivity contribution in [1.82, 2.24) is 0 Å². The molecule has 0 N–H and O–H groups in total. The van der Waals surface area contributed by atoms with Crippen LogP contribution in [-0.2, 0) is 0 Å². The Morgan fingerprint density at radius 1 is 1.29 bits per heavy atom. The topological polar surface area (TPSA) is 12.5 Å². The first kappa shape index (κ1) is 9.59. The van der Waals surface area contributed by atoms with Crippen LogP contribution in [0.5, 0.6) is 5.75 Å². The second-order valence-electron chi connectivity index (χ2n) is 3.19. The zero-order valence-corrected chi connectivity index (χ0v) is 9.62. The van der Waals surface area contributed by atoms with Gasteiger partial charge in [0, 0.05) is 17.6 Å². The molecule has 0 spiro atoms. The Morgan fingerprint density at radius 3 is 2.64 bits per heavy atom. The van der Waals surface area contributed by atoms with E-state index in [2.05, 4.69) is 39.0 Å². The molecule has 0 saturated heterocycles. The molecule has 2 nitrogen and oxygen atoms in total. The van der Waals surface area contributed by atoms with Crippen molar-refractivity contribution in [2.45, 2.75) is 0 Å². The number of nitrogens with zero attached hydrogens (tertiary/aromatic N) is 1. The Balaban J connectivity index is 2.34. The molecule has 1 aliphatic rings. The lowest BCUT2D eigenvalue weighted by Crippen LogP contribution is -2.19. The van der Waals surface area contributed by atoms with Crippen molar-refractivity contribution in [3.8, 4) is 5.75 Å². The summed E-state index contributed by atoms with van der Waals surface area (Å²) in [4.78, 5) is 2.27. The van der Waals surface area contributed by atoms with Gasteiger partial charge in [-0.3, -0.25) is 0 Å². The summed E-state index contributed by atoms with van der Waals surface area (Å²) >= 11 is 3.47. The van der Waals surface area contributed by atoms with Gasteiger partial charge < -0.3 is 9.64 Å². The summed E-state index contributed by atoms with van der Waals surface area (Å²) in [6.07, 6.45) is 4.33. The SMILES string of the molecule is COc1ccc(Br)cc1N1CC=CC1. The summed E-state index contributed by atoms with van der Waals surface area (Å²) in [6.45, 7) is 1.93. The summed E-state index contributed by atoms with van der Waals surface area (Å²) in [7, 11) is 1.70. The average Bonchev–Trinajstić information content (AvgIpc) is 2.70. The first-order chi connectivity index (χ1) is 6.81. The number of ether oxygens (including phenoxy) is 1. The van der Waals surface area contributed by atoms with Gasteiger partial charge in [-0.2, -0.15) is 0 Å². The molecule has 0 aromatic heterocycles. The molecule has 0 unspecified atom stereocenters. The smallest absolute Gasteiger partial charge is 0.142 e. The molecule has 1 aromatic rings. The average molecular weight is 254 g/mol. The predicted molar refractivity (Wildman–Crippen MR) is 62.0 cm³/mol. The minimum Gasteiger partial charge on any atom is -0.495 e. The van der Waals surface area contributed by atoms with Crippen LogP contribution in [0.1, 0.15) is 0 Å². The molecule has 0 aliphatic carbocycles. The van der Waals surface area contributed by atoms with Crippen LogP contribution in [0.4, 0.5) is 5.69 Å². The quantitative estimate of drug-likeness (QED) is 0.752. The van der Waals surface area contributed by atoms with E-state index in [0.717, 1.165) is 29.0 Å². The van der Waals surface area contributed by atoms with E-state index >= 15 is 0 Å². The van der Waals surface area contributed by atoms with E-state index in [-0.39, 0.29) is 0 Å². The third-order valence-electron chi connectivity index (χ3n) is 2.30. The molecular weight excluding hydrogens is 242 g/mol. The largest absolute Gasteiger partial charge is 0.495 e. The minimum atomic E-state index is 0.928. The third kappa shape index (κ3) is 1.77. The lowest BCUT2D eigenvalue weighted by molar-refractivity contribution is 0.415. The molecule has 2 rings (SSSR count). The van der Waals surface area contributed by atoms with Crippen LogP contribution in [0.3, 0.4) is 0 Å². The van der Waals surface area contributed by atoms with Crippen LogP contribution in [-0.4, -0.2) is 20.2 Å². The minimum absolute atomic E-state index is 0.928. The van der Waals surface area contributed by atoms with Gasteiger partial charge in [0.15, 0.2) is 0 Å². The molecule has 0 radical (unpaired) electrons. The molecule has 74 valence electrons. The van der Waals surface area contributed by atoms with Crippen LogP contribution < -0.4 is 9.64 Å². The van der Waals surface area contributed by atoms with Gasteiger partial charge in [0.1, 0.15) is 5.75 Å². The van der Waals surface area contributed by atoms with Crippen LogP contribution in [0.2, 0.25) is 0 Å². The van der Waals surface area contributed by atoms with Crippen molar-refractivity contribution in [2.24, 2.45) is 0 Å². The zero-order chi connectivity index (χ0) is 9.97. The molecule has 1 aliphatic heterocycles. The predicted octanol–water partition coefficient (Wildman–Crippen LogP) is 2.83. The molecule has 0 amide bonds. The summed E-state index contributed by atoms with van der Waals surface area (Å²) < 4.78 is 6.41. The number of rotatable bonds is 2. The Bertz CT molecular complexity index is 354. The van der Waals surface area contributed by atoms with E-state index in [0.29, 0.717) is 0 Å². The molecular formula is C11H12BrNO. The molecule has 0 atom stereocenters. The molecule has 3 heteroatoms. The fraction of sp³-hybridized carbons (Fsp3) is 0.273.